The summed E-state index contributed by atoms with van der Waals surface area (Å²) < 4.78 is 5.66. The van der Waals surface area contributed by atoms with Crippen molar-refractivity contribution in [2.24, 2.45) is 0 Å². The van der Waals surface area contributed by atoms with Crippen LogP contribution in [0.15, 0.2) is 47.3 Å². The molecule has 29 heavy (non-hydrogen) atoms. The molecule has 0 fully saturated rings. The van der Waals surface area contributed by atoms with Gasteiger partial charge in [-0.2, -0.15) is 0 Å². The van der Waals surface area contributed by atoms with Crippen molar-refractivity contribution in [3.8, 4) is 5.75 Å². The van der Waals surface area contributed by atoms with E-state index in [0.29, 0.717) is 34.9 Å². The van der Waals surface area contributed by atoms with Crippen LogP contribution in [0.25, 0.3) is 10.9 Å². The average Bonchev–Trinajstić information content (AvgIpc) is 2.68. The van der Waals surface area contributed by atoms with E-state index in [2.05, 4.69) is 9.97 Å². The van der Waals surface area contributed by atoms with Crippen molar-refractivity contribution >= 4 is 28.4 Å². The number of fused-ring (bicyclic) bond motifs is 1. The minimum atomic E-state index is -0.242. The summed E-state index contributed by atoms with van der Waals surface area (Å²) in [5.41, 5.74) is 1.43. The monoisotopic (exact) mass is 413 g/mol. The Hall–Kier alpha value is -2.86. The number of hydrogen-bond donors (Lipinski definition) is 1. The van der Waals surface area contributed by atoms with Crippen LogP contribution in [0.1, 0.15) is 31.2 Å². The molecule has 6 nitrogen and oxygen atoms in total. The Labute approximate surface area is 174 Å². The van der Waals surface area contributed by atoms with E-state index in [1.54, 1.807) is 23.1 Å². The number of carbonyl (C=O) groups excluding carboxylic acids is 1. The molecule has 0 spiro atoms. The van der Waals surface area contributed by atoms with Crippen molar-refractivity contribution in [2.45, 2.75) is 33.2 Å². The van der Waals surface area contributed by atoms with Gasteiger partial charge in [0.1, 0.15) is 11.6 Å². The minimum Gasteiger partial charge on any atom is -0.493 e. The first-order valence-electron chi connectivity index (χ1n) is 9.62. The largest absolute Gasteiger partial charge is 0.493 e. The molecule has 0 radical (unpaired) electrons. The molecule has 0 aliphatic carbocycles. The zero-order valence-corrected chi connectivity index (χ0v) is 17.3. The number of H-pyrrole nitrogens is 1. The molecule has 2 aromatic carbocycles. The Kier molecular flexibility index (Phi) is 6.88. The zero-order valence-electron chi connectivity index (χ0n) is 16.6. The Balaban J connectivity index is 1.67. The normalized spacial score (nSPS) is 10.9. The van der Waals surface area contributed by atoms with Crippen molar-refractivity contribution in [3.63, 3.8) is 0 Å². The van der Waals surface area contributed by atoms with Gasteiger partial charge < -0.3 is 14.6 Å². The maximum atomic E-state index is 12.7. The Morgan fingerprint density at radius 1 is 1.21 bits per heavy atom. The van der Waals surface area contributed by atoms with Crippen LogP contribution in [0.5, 0.6) is 5.75 Å². The van der Waals surface area contributed by atoms with Crippen LogP contribution >= 0.6 is 11.6 Å². The molecule has 0 aliphatic heterocycles. The van der Waals surface area contributed by atoms with Gasteiger partial charge in [-0.1, -0.05) is 36.2 Å². The second-order valence-electron chi connectivity index (χ2n) is 6.90. The number of aromatic amines is 1. The van der Waals surface area contributed by atoms with Crippen molar-refractivity contribution in [1.82, 2.24) is 14.9 Å². The first-order chi connectivity index (χ1) is 14.0. The first-order valence-corrected chi connectivity index (χ1v) is 9.99. The van der Waals surface area contributed by atoms with E-state index in [1.807, 2.05) is 38.1 Å². The number of carbonyl (C=O) groups is 1. The molecule has 1 amide bonds. The van der Waals surface area contributed by atoms with Crippen molar-refractivity contribution in [1.29, 1.82) is 0 Å². The Morgan fingerprint density at radius 2 is 1.97 bits per heavy atom. The summed E-state index contributed by atoms with van der Waals surface area (Å²) in [4.78, 5) is 33.9. The standard InChI is InChI=1S/C22H24ClN3O3/c1-3-11-26(21(27)10-12-29-17-7-4-15(2)5-8-17)14-20-24-19-13-16(23)6-9-18(19)22(28)25-20/h4-9,13H,3,10-12,14H2,1-2H3,(H,24,25,28). The second kappa shape index (κ2) is 9.56. The van der Waals surface area contributed by atoms with Gasteiger partial charge >= 0.3 is 0 Å². The molecule has 0 unspecified atom stereocenters. The maximum absolute atomic E-state index is 12.7. The molecule has 1 aromatic heterocycles. The van der Waals surface area contributed by atoms with Gasteiger partial charge in [0.15, 0.2) is 0 Å². The summed E-state index contributed by atoms with van der Waals surface area (Å²) in [6, 6.07) is 12.7. The van der Waals surface area contributed by atoms with E-state index in [0.717, 1.165) is 17.7 Å². The number of nitrogens with zero attached hydrogens (tertiary/aromatic N) is 2. The molecule has 0 aliphatic rings. The summed E-state index contributed by atoms with van der Waals surface area (Å²) >= 11 is 6.01. The number of hydrogen-bond acceptors (Lipinski definition) is 4. The topological polar surface area (TPSA) is 75.3 Å². The molecule has 0 saturated heterocycles. The Morgan fingerprint density at radius 3 is 2.69 bits per heavy atom. The van der Waals surface area contributed by atoms with Crippen LogP contribution in [-0.2, 0) is 11.3 Å². The lowest BCUT2D eigenvalue weighted by atomic mass is 10.2. The molecular formula is C22H24ClN3O3. The van der Waals surface area contributed by atoms with Crippen LogP contribution < -0.4 is 10.3 Å². The number of benzene rings is 2. The Bertz CT molecular complexity index is 1050. The number of amides is 1. The highest BCUT2D eigenvalue weighted by Gasteiger charge is 2.15. The van der Waals surface area contributed by atoms with Gasteiger partial charge in [-0.3, -0.25) is 9.59 Å². The highest BCUT2D eigenvalue weighted by atomic mass is 35.5. The van der Waals surface area contributed by atoms with Gasteiger partial charge in [-0.05, 0) is 43.7 Å². The highest BCUT2D eigenvalue weighted by molar-refractivity contribution is 6.31. The number of aryl methyl sites for hydroxylation is 1. The van der Waals surface area contributed by atoms with Gasteiger partial charge in [0.2, 0.25) is 5.91 Å². The molecular weight excluding hydrogens is 390 g/mol. The lowest BCUT2D eigenvalue weighted by molar-refractivity contribution is -0.132. The predicted molar refractivity (Wildman–Crippen MR) is 114 cm³/mol. The van der Waals surface area contributed by atoms with Crippen LogP contribution in [0.2, 0.25) is 5.02 Å². The van der Waals surface area contributed by atoms with E-state index in [9.17, 15) is 9.59 Å². The van der Waals surface area contributed by atoms with Crippen molar-refractivity contribution in [3.05, 3.63) is 69.2 Å². The second-order valence-corrected chi connectivity index (χ2v) is 7.34. The fourth-order valence-electron chi connectivity index (χ4n) is 3.03. The summed E-state index contributed by atoms with van der Waals surface area (Å²) in [7, 11) is 0. The first kappa shape index (κ1) is 20.9. The van der Waals surface area contributed by atoms with Crippen LogP contribution in [-0.4, -0.2) is 33.9 Å². The molecule has 0 bridgehead atoms. The number of nitrogens with one attached hydrogen (secondary N) is 1. The summed E-state index contributed by atoms with van der Waals surface area (Å²) in [6.07, 6.45) is 1.05. The predicted octanol–water partition coefficient (Wildman–Crippen LogP) is 4.09. The summed E-state index contributed by atoms with van der Waals surface area (Å²) in [6.45, 7) is 5.10. The fourth-order valence-corrected chi connectivity index (χ4v) is 3.19. The lowest BCUT2D eigenvalue weighted by Gasteiger charge is -2.22. The average molecular weight is 414 g/mol. The molecule has 3 rings (SSSR count). The van der Waals surface area contributed by atoms with Crippen molar-refractivity contribution in [2.75, 3.05) is 13.2 Å². The number of ether oxygens (including phenoxy) is 1. The van der Waals surface area contributed by atoms with Crippen LogP contribution in [0.4, 0.5) is 0 Å². The van der Waals surface area contributed by atoms with Crippen molar-refractivity contribution < 1.29 is 9.53 Å². The molecule has 0 saturated carbocycles. The number of halogens is 1. The molecule has 0 atom stereocenters. The van der Waals surface area contributed by atoms with Gasteiger partial charge in [-0.15, -0.1) is 0 Å². The summed E-state index contributed by atoms with van der Waals surface area (Å²) in [5, 5.41) is 0.981. The molecule has 7 heteroatoms. The van der Waals surface area contributed by atoms with E-state index in [4.69, 9.17) is 16.3 Å². The van der Waals surface area contributed by atoms with E-state index in [1.165, 1.54) is 0 Å². The van der Waals surface area contributed by atoms with Gasteiger partial charge in [-0.25, -0.2) is 4.98 Å². The number of aromatic nitrogens is 2. The SMILES string of the molecule is CCCN(Cc1nc2cc(Cl)ccc2c(=O)[nH]1)C(=O)CCOc1ccc(C)cc1. The third-order valence-corrected chi connectivity index (χ3v) is 4.75. The van der Waals surface area contributed by atoms with Gasteiger partial charge in [0.05, 0.1) is 30.5 Å². The minimum absolute atomic E-state index is 0.0483. The van der Waals surface area contributed by atoms with E-state index >= 15 is 0 Å². The van der Waals surface area contributed by atoms with E-state index in [-0.39, 0.29) is 24.4 Å². The molecule has 1 heterocycles. The molecule has 3 aromatic rings. The molecule has 152 valence electrons. The zero-order chi connectivity index (χ0) is 20.8. The third kappa shape index (κ3) is 5.57. The highest BCUT2D eigenvalue weighted by Crippen LogP contribution is 2.15. The third-order valence-electron chi connectivity index (χ3n) is 4.51. The van der Waals surface area contributed by atoms with E-state index < -0.39 is 0 Å². The maximum Gasteiger partial charge on any atom is 0.258 e. The van der Waals surface area contributed by atoms with Crippen LogP contribution in [0.3, 0.4) is 0 Å². The fraction of sp³-hybridized carbons (Fsp3) is 0.318. The number of rotatable bonds is 8. The quantitative estimate of drug-likeness (QED) is 0.603. The summed E-state index contributed by atoms with van der Waals surface area (Å²) in [5.74, 6) is 1.13. The molecule has 1 N–H and O–H groups in total. The van der Waals surface area contributed by atoms with Gasteiger partial charge in [0.25, 0.3) is 5.56 Å². The smallest absolute Gasteiger partial charge is 0.258 e. The van der Waals surface area contributed by atoms with Gasteiger partial charge in [0, 0.05) is 11.6 Å². The van der Waals surface area contributed by atoms with Crippen LogP contribution in [0, 0.1) is 6.92 Å². The lowest BCUT2D eigenvalue weighted by Crippen LogP contribution is -2.33.